The van der Waals surface area contributed by atoms with Crippen LogP contribution in [0.3, 0.4) is 0 Å². The molecule has 0 atom stereocenters. The Morgan fingerprint density at radius 3 is 2.59 bits per heavy atom. The zero-order chi connectivity index (χ0) is 22.1. The van der Waals surface area contributed by atoms with Crippen LogP contribution in [0.15, 0.2) is 71.3 Å². The van der Waals surface area contributed by atoms with Crippen molar-refractivity contribution in [3.05, 3.63) is 84.1 Å². The number of rotatable bonds is 5. The highest BCUT2D eigenvalue weighted by atomic mass is 16.3. The number of aromatic nitrogens is 2. The summed E-state index contributed by atoms with van der Waals surface area (Å²) < 4.78 is 7.71. The highest BCUT2D eigenvalue weighted by Crippen LogP contribution is 2.25. The number of carbonyl (C=O) groups excluding carboxylic acids is 1. The summed E-state index contributed by atoms with van der Waals surface area (Å²) >= 11 is 0. The van der Waals surface area contributed by atoms with E-state index in [2.05, 4.69) is 28.6 Å². The predicted octanol–water partition coefficient (Wildman–Crippen LogP) is 4.66. The first-order valence-corrected chi connectivity index (χ1v) is 11.2. The number of amides is 1. The molecule has 2 aromatic carbocycles. The molecule has 5 rings (SSSR count). The molecule has 3 heterocycles. The molecule has 0 bridgehead atoms. The molecule has 1 saturated heterocycles. The van der Waals surface area contributed by atoms with Crippen molar-refractivity contribution in [2.45, 2.75) is 32.4 Å². The van der Waals surface area contributed by atoms with E-state index in [1.807, 2.05) is 60.4 Å². The number of fused-ring (bicyclic) bond motifs is 1. The third kappa shape index (κ3) is 3.94. The Kier molecular flexibility index (Phi) is 5.53. The largest absolute Gasteiger partial charge is 0.467 e. The third-order valence-corrected chi connectivity index (χ3v) is 6.38. The Labute approximate surface area is 188 Å². The van der Waals surface area contributed by atoms with Crippen molar-refractivity contribution < 1.29 is 9.21 Å². The number of hydrogen-bond donors (Lipinski definition) is 0. The lowest BCUT2D eigenvalue weighted by atomic mass is 10.0. The van der Waals surface area contributed by atoms with E-state index in [1.165, 1.54) is 0 Å². The van der Waals surface area contributed by atoms with Gasteiger partial charge in [0.2, 0.25) is 0 Å². The molecule has 2 aromatic heterocycles. The van der Waals surface area contributed by atoms with Gasteiger partial charge in [0.1, 0.15) is 11.6 Å². The Bertz CT molecular complexity index is 1210. The first-order chi connectivity index (χ1) is 15.6. The van der Waals surface area contributed by atoms with Crippen LogP contribution in [-0.2, 0) is 6.54 Å². The number of likely N-dealkylation sites (tertiary alicyclic amines) is 1. The Morgan fingerprint density at radius 2 is 1.88 bits per heavy atom. The third-order valence-electron chi connectivity index (χ3n) is 6.38. The second kappa shape index (κ2) is 8.63. The van der Waals surface area contributed by atoms with Gasteiger partial charge in [0.15, 0.2) is 0 Å². The molecule has 32 heavy (non-hydrogen) atoms. The molecule has 4 aromatic rings. The van der Waals surface area contributed by atoms with Gasteiger partial charge in [-0.1, -0.05) is 18.2 Å². The highest BCUT2D eigenvalue weighted by molar-refractivity contribution is 5.97. The number of para-hydroxylation sites is 1. The molecule has 164 valence electrons. The molecule has 0 aliphatic carbocycles. The van der Waals surface area contributed by atoms with Gasteiger partial charge in [-0.25, -0.2) is 4.98 Å². The van der Waals surface area contributed by atoms with Gasteiger partial charge in [0.25, 0.3) is 5.91 Å². The van der Waals surface area contributed by atoms with Crippen LogP contribution in [0.5, 0.6) is 0 Å². The minimum Gasteiger partial charge on any atom is -0.467 e. The maximum atomic E-state index is 13.7. The second-order valence-corrected chi connectivity index (χ2v) is 8.58. The molecule has 0 spiro atoms. The lowest BCUT2D eigenvalue weighted by Crippen LogP contribution is -2.46. The number of nitrogens with zero attached hydrogens (tertiary/aromatic N) is 4. The minimum absolute atomic E-state index is 0.0322. The Balaban J connectivity index is 1.48. The second-order valence-electron chi connectivity index (χ2n) is 8.58. The summed E-state index contributed by atoms with van der Waals surface area (Å²) in [4.78, 5) is 22.7. The summed E-state index contributed by atoms with van der Waals surface area (Å²) in [6, 6.07) is 20.0. The van der Waals surface area contributed by atoms with Gasteiger partial charge in [0.05, 0.1) is 23.8 Å². The summed E-state index contributed by atoms with van der Waals surface area (Å²) in [5, 5.41) is 0. The SMILES string of the molecule is Cc1nc2cc(C(=O)N(Cc3ccco3)C3CCN(C)CC3)ccc2n1-c1ccccc1. The van der Waals surface area contributed by atoms with Crippen molar-refractivity contribution >= 4 is 16.9 Å². The molecular formula is C26H28N4O2. The van der Waals surface area contributed by atoms with Crippen molar-refractivity contribution in [2.24, 2.45) is 0 Å². The van der Waals surface area contributed by atoms with Gasteiger partial charge in [-0.2, -0.15) is 0 Å². The van der Waals surface area contributed by atoms with E-state index in [9.17, 15) is 4.79 Å². The van der Waals surface area contributed by atoms with Crippen molar-refractivity contribution in [3.8, 4) is 5.69 Å². The molecule has 6 heteroatoms. The monoisotopic (exact) mass is 428 g/mol. The molecule has 0 unspecified atom stereocenters. The summed E-state index contributed by atoms with van der Waals surface area (Å²) in [5.41, 5.74) is 3.57. The average molecular weight is 429 g/mol. The van der Waals surface area contributed by atoms with Gasteiger partial charge >= 0.3 is 0 Å². The van der Waals surface area contributed by atoms with Crippen LogP contribution < -0.4 is 0 Å². The smallest absolute Gasteiger partial charge is 0.254 e. The normalized spacial score (nSPS) is 15.3. The molecule has 1 amide bonds. The Morgan fingerprint density at radius 1 is 1.09 bits per heavy atom. The van der Waals surface area contributed by atoms with Gasteiger partial charge in [-0.05, 0) is 82.4 Å². The first kappa shape index (κ1) is 20.5. The van der Waals surface area contributed by atoms with Crippen molar-refractivity contribution in [1.82, 2.24) is 19.4 Å². The van der Waals surface area contributed by atoms with Gasteiger partial charge < -0.3 is 14.2 Å². The average Bonchev–Trinajstić information content (AvgIpc) is 3.44. The van der Waals surface area contributed by atoms with Crippen LogP contribution in [-0.4, -0.2) is 51.4 Å². The predicted molar refractivity (Wildman–Crippen MR) is 125 cm³/mol. The van der Waals surface area contributed by atoms with E-state index < -0.39 is 0 Å². The quantitative estimate of drug-likeness (QED) is 0.464. The van der Waals surface area contributed by atoms with Crippen molar-refractivity contribution in [3.63, 3.8) is 0 Å². The van der Waals surface area contributed by atoms with Crippen LogP contribution in [0, 0.1) is 6.92 Å². The van der Waals surface area contributed by atoms with Crippen LogP contribution in [0.4, 0.5) is 0 Å². The fourth-order valence-electron chi connectivity index (χ4n) is 4.65. The van der Waals surface area contributed by atoms with Crippen LogP contribution in [0.2, 0.25) is 0 Å². The molecule has 1 aliphatic rings. The standard InChI is InChI=1S/C26H28N4O2/c1-19-27-24-17-20(10-11-25(24)30(19)22-7-4-3-5-8-22)26(31)29(18-23-9-6-16-32-23)21-12-14-28(2)15-13-21/h3-11,16-17,21H,12-15,18H2,1-2H3. The van der Waals surface area contributed by atoms with E-state index in [1.54, 1.807) is 6.26 Å². The number of imidazole rings is 1. The van der Waals surface area contributed by atoms with E-state index >= 15 is 0 Å². The fourth-order valence-corrected chi connectivity index (χ4v) is 4.65. The molecule has 6 nitrogen and oxygen atoms in total. The van der Waals surface area contributed by atoms with E-state index in [-0.39, 0.29) is 11.9 Å². The van der Waals surface area contributed by atoms with E-state index in [0.29, 0.717) is 12.1 Å². The van der Waals surface area contributed by atoms with E-state index in [0.717, 1.165) is 54.2 Å². The zero-order valence-corrected chi connectivity index (χ0v) is 18.6. The molecule has 1 aliphatic heterocycles. The maximum Gasteiger partial charge on any atom is 0.254 e. The van der Waals surface area contributed by atoms with Crippen LogP contribution >= 0.6 is 0 Å². The summed E-state index contributed by atoms with van der Waals surface area (Å²) in [6.07, 6.45) is 3.59. The number of hydrogen-bond acceptors (Lipinski definition) is 4. The van der Waals surface area contributed by atoms with Gasteiger partial charge in [0, 0.05) is 17.3 Å². The van der Waals surface area contributed by atoms with E-state index in [4.69, 9.17) is 9.40 Å². The molecule has 0 radical (unpaired) electrons. The lowest BCUT2D eigenvalue weighted by molar-refractivity contribution is 0.0551. The van der Waals surface area contributed by atoms with Crippen LogP contribution in [0.1, 0.15) is 34.8 Å². The minimum atomic E-state index is 0.0322. The van der Waals surface area contributed by atoms with Crippen molar-refractivity contribution in [1.29, 1.82) is 0 Å². The number of aryl methyl sites for hydroxylation is 1. The number of piperidine rings is 1. The van der Waals surface area contributed by atoms with Gasteiger partial charge in [-0.3, -0.25) is 9.36 Å². The lowest BCUT2D eigenvalue weighted by Gasteiger charge is -2.37. The fraction of sp³-hybridized carbons (Fsp3) is 0.308. The molecule has 0 saturated carbocycles. The van der Waals surface area contributed by atoms with Crippen LogP contribution in [0.25, 0.3) is 16.7 Å². The highest BCUT2D eigenvalue weighted by Gasteiger charge is 2.29. The molecular weight excluding hydrogens is 400 g/mol. The molecule has 1 fully saturated rings. The topological polar surface area (TPSA) is 54.5 Å². The summed E-state index contributed by atoms with van der Waals surface area (Å²) in [5.74, 6) is 1.74. The Hall–Kier alpha value is -3.38. The number of carbonyl (C=O) groups is 1. The number of benzene rings is 2. The zero-order valence-electron chi connectivity index (χ0n) is 18.6. The number of furan rings is 1. The summed E-state index contributed by atoms with van der Waals surface area (Å²) in [6.45, 7) is 4.46. The maximum absolute atomic E-state index is 13.7. The first-order valence-electron chi connectivity index (χ1n) is 11.2. The van der Waals surface area contributed by atoms with Crippen molar-refractivity contribution in [2.75, 3.05) is 20.1 Å². The summed E-state index contributed by atoms with van der Waals surface area (Å²) in [7, 11) is 2.13. The molecule has 0 N–H and O–H groups in total. The van der Waals surface area contributed by atoms with Gasteiger partial charge in [-0.15, -0.1) is 0 Å².